The summed E-state index contributed by atoms with van der Waals surface area (Å²) in [5, 5.41) is 3.84. The highest BCUT2D eigenvalue weighted by Gasteiger charge is 2.21. The van der Waals surface area contributed by atoms with E-state index in [0.717, 1.165) is 46.7 Å². The van der Waals surface area contributed by atoms with E-state index in [1.165, 1.54) is 16.9 Å². The summed E-state index contributed by atoms with van der Waals surface area (Å²) in [6, 6.07) is 9.82. The van der Waals surface area contributed by atoms with Gasteiger partial charge in [-0.2, -0.15) is 0 Å². The second-order valence-corrected chi connectivity index (χ2v) is 7.55. The van der Waals surface area contributed by atoms with Crippen LogP contribution < -0.4 is 11.1 Å². The number of anilines is 2. The topological polar surface area (TPSA) is 71.2 Å². The zero-order chi connectivity index (χ0) is 17.6. The number of nitrogens with two attached hydrogens (primary N) is 1. The fraction of sp³-hybridized carbons (Fsp3) is 0.263. The number of aryl methyl sites for hydroxylation is 1. The predicted octanol–water partition coefficient (Wildman–Crippen LogP) is 3.43. The first-order valence-corrected chi connectivity index (χ1v) is 9.11. The van der Waals surface area contributed by atoms with Crippen LogP contribution in [0.1, 0.15) is 26.5 Å². The molecule has 0 saturated heterocycles. The van der Waals surface area contributed by atoms with Crippen LogP contribution in [-0.4, -0.2) is 29.4 Å². The first-order chi connectivity index (χ1) is 12.0. The van der Waals surface area contributed by atoms with Crippen LogP contribution in [0.25, 0.3) is 10.2 Å². The Labute approximate surface area is 150 Å². The fourth-order valence-corrected chi connectivity index (χ4v) is 4.19. The Morgan fingerprint density at radius 3 is 2.96 bits per heavy atom. The summed E-state index contributed by atoms with van der Waals surface area (Å²) in [4.78, 5) is 21.1. The lowest BCUT2D eigenvalue weighted by Gasteiger charge is -2.24. The van der Waals surface area contributed by atoms with Crippen molar-refractivity contribution in [2.45, 2.75) is 19.9 Å². The van der Waals surface area contributed by atoms with Crippen LogP contribution in [0.2, 0.25) is 0 Å². The number of benzene rings is 1. The highest BCUT2D eigenvalue weighted by molar-refractivity contribution is 7.21. The van der Waals surface area contributed by atoms with Crippen LogP contribution in [0.15, 0.2) is 30.3 Å². The molecule has 1 aliphatic heterocycles. The van der Waals surface area contributed by atoms with Crippen LogP contribution in [0, 0.1) is 6.92 Å². The number of likely N-dealkylation sites (N-methyl/N-ethyl adjacent to an activating group) is 1. The summed E-state index contributed by atoms with van der Waals surface area (Å²) in [6.45, 7) is 3.85. The Bertz CT molecular complexity index is 979. The average Bonchev–Trinajstić information content (AvgIpc) is 2.91. The Balaban J connectivity index is 1.72. The van der Waals surface area contributed by atoms with Gasteiger partial charge in [0.1, 0.15) is 9.71 Å². The van der Waals surface area contributed by atoms with Gasteiger partial charge < -0.3 is 16.0 Å². The summed E-state index contributed by atoms with van der Waals surface area (Å²) >= 11 is 1.37. The molecule has 25 heavy (non-hydrogen) atoms. The minimum Gasteiger partial charge on any atom is -0.397 e. The molecule has 0 saturated carbocycles. The molecule has 3 heterocycles. The number of aromatic nitrogens is 1. The second kappa shape index (κ2) is 6.13. The summed E-state index contributed by atoms with van der Waals surface area (Å²) in [7, 11) is 2.10. The molecular weight excluding hydrogens is 332 g/mol. The normalized spacial score (nSPS) is 14.5. The van der Waals surface area contributed by atoms with Crippen molar-refractivity contribution in [3.05, 3.63) is 52.0 Å². The lowest BCUT2D eigenvalue weighted by atomic mass is 10.0. The van der Waals surface area contributed by atoms with Crippen LogP contribution in [-0.2, 0) is 13.0 Å². The lowest BCUT2D eigenvalue weighted by molar-refractivity contribution is 0.103. The zero-order valence-corrected chi connectivity index (χ0v) is 15.1. The molecular formula is C19H20N4OS. The van der Waals surface area contributed by atoms with E-state index in [9.17, 15) is 4.79 Å². The van der Waals surface area contributed by atoms with Gasteiger partial charge in [0.25, 0.3) is 5.91 Å². The van der Waals surface area contributed by atoms with Gasteiger partial charge >= 0.3 is 0 Å². The number of nitrogen functional groups attached to an aromatic ring is 1. The van der Waals surface area contributed by atoms with E-state index in [0.29, 0.717) is 10.6 Å². The van der Waals surface area contributed by atoms with Crippen molar-refractivity contribution in [2.24, 2.45) is 0 Å². The Kier molecular flexibility index (Phi) is 3.94. The van der Waals surface area contributed by atoms with E-state index in [-0.39, 0.29) is 5.91 Å². The summed E-state index contributed by atoms with van der Waals surface area (Å²) < 4.78 is 0. The van der Waals surface area contributed by atoms with Crippen molar-refractivity contribution < 1.29 is 4.79 Å². The maximum Gasteiger partial charge on any atom is 0.267 e. The van der Waals surface area contributed by atoms with Gasteiger partial charge in [-0.25, -0.2) is 4.98 Å². The van der Waals surface area contributed by atoms with E-state index >= 15 is 0 Å². The smallest absolute Gasteiger partial charge is 0.267 e. The zero-order valence-electron chi connectivity index (χ0n) is 14.3. The largest absolute Gasteiger partial charge is 0.397 e. The third-order valence-electron chi connectivity index (χ3n) is 4.66. The molecule has 0 aliphatic carbocycles. The minimum absolute atomic E-state index is 0.176. The first-order valence-electron chi connectivity index (χ1n) is 8.29. The van der Waals surface area contributed by atoms with Crippen molar-refractivity contribution in [2.75, 3.05) is 24.6 Å². The number of pyridine rings is 1. The molecule has 0 bridgehead atoms. The fourth-order valence-electron chi connectivity index (χ4n) is 3.20. The predicted molar refractivity (Wildman–Crippen MR) is 103 cm³/mol. The maximum atomic E-state index is 12.7. The number of rotatable bonds is 2. The van der Waals surface area contributed by atoms with Gasteiger partial charge in [0.05, 0.1) is 5.69 Å². The lowest BCUT2D eigenvalue weighted by Crippen LogP contribution is -2.27. The number of thiophene rings is 1. The number of fused-ring (bicyclic) bond motifs is 2. The minimum atomic E-state index is -0.176. The molecule has 2 aromatic heterocycles. The van der Waals surface area contributed by atoms with Crippen molar-refractivity contribution in [3.63, 3.8) is 0 Å². The van der Waals surface area contributed by atoms with Gasteiger partial charge in [-0.1, -0.05) is 18.2 Å². The van der Waals surface area contributed by atoms with Crippen molar-refractivity contribution in [3.8, 4) is 0 Å². The summed E-state index contributed by atoms with van der Waals surface area (Å²) in [6.07, 6.45) is 0.935. The number of nitrogens with one attached hydrogen (secondary N) is 1. The van der Waals surface area contributed by atoms with Crippen molar-refractivity contribution >= 4 is 38.8 Å². The van der Waals surface area contributed by atoms with Gasteiger partial charge in [-0.3, -0.25) is 4.79 Å². The van der Waals surface area contributed by atoms with Crippen molar-refractivity contribution in [1.82, 2.24) is 9.88 Å². The van der Waals surface area contributed by atoms with E-state index < -0.39 is 0 Å². The molecule has 1 aliphatic rings. The maximum absolute atomic E-state index is 12.7. The highest BCUT2D eigenvalue weighted by atomic mass is 32.1. The molecule has 0 spiro atoms. The van der Waals surface area contributed by atoms with Crippen LogP contribution in [0.5, 0.6) is 0 Å². The summed E-state index contributed by atoms with van der Waals surface area (Å²) in [5.41, 5.74) is 11.0. The molecule has 4 rings (SSSR count). The number of nitrogens with zero attached hydrogens (tertiary/aromatic N) is 2. The van der Waals surface area contributed by atoms with Crippen LogP contribution in [0.3, 0.4) is 0 Å². The molecule has 0 fully saturated rings. The SMILES string of the molecule is Cc1ccccc1NC(=O)c1sc2nc3c(cc2c1N)CN(C)CC3. The molecule has 6 heteroatoms. The van der Waals surface area contributed by atoms with Crippen LogP contribution >= 0.6 is 11.3 Å². The average molecular weight is 352 g/mol. The van der Waals surface area contributed by atoms with E-state index in [1.54, 1.807) is 0 Å². The van der Waals surface area contributed by atoms with Gasteiger partial charge in [0.15, 0.2) is 0 Å². The summed E-state index contributed by atoms with van der Waals surface area (Å²) in [5.74, 6) is -0.176. The number of carbonyl (C=O) groups is 1. The standard InChI is InChI=1S/C19H20N4OS/c1-11-5-3-4-6-14(11)21-18(24)17-16(20)13-9-12-10-23(2)8-7-15(12)22-19(13)25-17/h3-6,9H,7-8,10,20H2,1-2H3,(H,21,24). The monoisotopic (exact) mass is 352 g/mol. The van der Waals surface area contributed by atoms with Crippen LogP contribution in [0.4, 0.5) is 11.4 Å². The third-order valence-corrected chi connectivity index (χ3v) is 5.77. The molecule has 1 aromatic carbocycles. The van der Waals surface area contributed by atoms with Crippen molar-refractivity contribution in [1.29, 1.82) is 0 Å². The molecule has 0 radical (unpaired) electrons. The molecule has 1 amide bonds. The second-order valence-electron chi connectivity index (χ2n) is 6.55. The molecule has 0 unspecified atom stereocenters. The quantitative estimate of drug-likeness (QED) is 0.741. The Hall–Kier alpha value is -2.44. The Morgan fingerprint density at radius 2 is 2.16 bits per heavy atom. The van der Waals surface area contributed by atoms with Gasteiger partial charge in [-0.05, 0) is 37.2 Å². The van der Waals surface area contributed by atoms with Gasteiger partial charge in [0, 0.05) is 36.3 Å². The molecule has 128 valence electrons. The first kappa shape index (κ1) is 16.1. The Morgan fingerprint density at radius 1 is 1.36 bits per heavy atom. The molecule has 5 nitrogen and oxygen atoms in total. The molecule has 0 atom stereocenters. The number of carbonyl (C=O) groups excluding carboxylic acids is 1. The van der Waals surface area contributed by atoms with E-state index in [2.05, 4.69) is 23.3 Å². The van der Waals surface area contributed by atoms with Gasteiger partial charge in [0.2, 0.25) is 0 Å². The van der Waals surface area contributed by atoms with E-state index in [1.807, 2.05) is 31.2 Å². The molecule has 3 N–H and O–H groups in total. The molecule has 3 aromatic rings. The highest BCUT2D eigenvalue weighted by Crippen LogP contribution is 2.35. The van der Waals surface area contributed by atoms with E-state index in [4.69, 9.17) is 10.7 Å². The number of hydrogen-bond donors (Lipinski definition) is 2. The number of para-hydroxylation sites is 1. The number of hydrogen-bond acceptors (Lipinski definition) is 5. The van der Waals surface area contributed by atoms with Gasteiger partial charge in [-0.15, -0.1) is 11.3 Å². The third kappa shape index (κ3) is 2.88. The number of amides is 1.